The molecule has 0 spiro atoms. The number of halogens is 2. The Morgan fingerprint density at radius 2 is 1.84 bits per heavy atom. The molecule has 0 aliphatic carbocycles. The lowest BCUT2D eigenvalue weighted by atomic mass is 10.1. The number of nitrogens with one attached hydrogen (secondary N) is 2. The van der Waals surface area contributed by atoms with E-state index in [0.29, 0.717) is 10.7 Å². The second kappa shape index (κ2) is 8.25. The van der Waals surface area contributed by atoms with Crippen molar-refractivity contribution in [3.8, 4) is 0 Å². The molecule has 1 aromatic heterocycles. The topological polar surface area (TPSA) is 41.1 Å². The summed E-state index contributed by atoms with van der Waals surface area (Å²) in [5.74, 6) is -0.484. The molecule has 0 radical (unpaired) electrons. The lowest BCUT2D eigenvalue weighted by molar-refractivity contribution is -0.115. The van der Waals surface area contributed by atoms with E-state index in [1.54, 1.807) is 41.7 Å². The summed E-state index contributed by atoms with van der Waals surface area (Å²) < 4.78 is 13.2. The monoisotopic (exact) mass is 374 g/mol. The number of rotatable bonds is 6. The molecular weight excluding hydrogens is 359 g/mol. The van der Waals surface area contributed by atoms with Gasteiger partial charge >= 0.3 is 0 Å². The molecular formula is C19H16ClFN2OS. The van der Waals surface area contributed by atoms with Crippen molar-refractivity contribution in [3.63, 3.8) is 0 Å². The largest absolute Gasteiger partial charge is 0.324 e. The fraction of sp³-hybridized carbons (Fsp3) is 0.105. The van der Waals surface area contributed by atoms with E-state index in [0.717, 1.165) is 10.4 Å². The van der Waals surface area contributed by atoms with E-state index in [1.807, 2.05) is 23.6 Å². The fourth-order valence-corrected chi connectivity index (χ4v) is 3.46. The molecule has 2 N–H and O–H groups in total. The number of hydrogen-bond acceptors (Lipinski definition) is 3. The highest BCUT2D eigenvalue weighted by Crippen LogP contribution is 2.26. The number of para-hydroxylation sites is 1. The molecule has 1 amide bonds. The highest BCUT2D eigenvalue weighted by atomic mass is 35.5. The standard InChI is InChI=1S/C19H16ClFN2OS/c20-15-4-1-2-5-16(15)23-18(24)12-22-19(17-6-3-11-25-17)13-7-9-14(21)10-8-13/h1-11,19,22H,12H2,(H,23,24)/t19-/m1/s1. The molecule has 3 rings (SSSR count). The molecule has 0 saturated heterocycles. The van der Waals surface area contributed by atoms with Crippen molar-refractivity contribution in [2.45, 2.75) is 6.04 Å². The first kappa shape index (κ1) is 17.6. The van der Waals surface area contributed by atoms with Gasteiger partial charge in [-0.25, -0.2) is 4.39 Å². The Labute approximate surface area is 154 Å². The van der Waals surface area contributed by atoms with Gasteiger partial charge in [-0.1, -0.05) is 41.9 Å². The van der Waals surface area contributed by atoms with Crippen LogP contribution in [-0.4, -0.2) is 12.5 Å². The first-order valence-corrected chi connectivity index (χ1v) is 8.96. The molecule has 128 valence electrons. The number of thiophene rings is 1. The summed E-state index contributed by atoms with van der Waals surface area (Å²) in [4.78, 5) is 13.3. The minimum Gasteiger partial charge on any atom is -0.324 e. The first-order chi connectivity index (χ1) is 12.1. The average molecular weight is 375 g/mol. The van der Waals surface area contributed by atoms with Crippen molar-refractivity contribution >= 4 is 34.5 Å². The van der Waals surface area contributed by atoms with E-state index in [1.165, 1.54) is 12.1 Å². The van der Waals surface area contributed by atoms with Gasteiger partial charge in [0.1, 0.15) is 5.82 Å². The molecule has 1 atom stereocenters. The predicted octanol–water partition coefficient (Wildman–Crippen LogP) is 4.86. The average Bonchev–Trinajstić information content (AvgIpc) is 3.13. The molecule has 1 heterocycles. The van der Waals surface area contributed by atoms with Crippen LogP contribution in [0.2, 0.25) is 5.02 Å². The van der Waals surface area contributed by atoms with Crippen LogP contribution < -0.4 is 10.6 Å². The van der Waals surface area contributed by atoms with Gasteiger partial charge in [0.15, 0.2) is 0 Å². The molecule has 3 nitrogen and oxygen atoms in total. The number of anilines is 1. The summed E-state index contributed by atoms with van der Waals surface area (Å²) in [6, 6.07) is 17.1. The zero-order valence-electron chi connectivity index (χ0n) is 13.2. The van der Waals surface area contributed by atoms with E-state index in [4.69, 9.17) is 11.6 Å². The van der Waals surface area contributed by atoms with Crippen LogP contribution in [0.1, 0.15) is 16.5 Å². The van der Waals surface area contributed by atoms with Crippen LogP contribution in [0.5, 0.6) is 0 Å². The van der Waals surface area contributed by atoms with E-state index in [2.05, 4.69) is 10.6 Å². The summed E-state index contributed by atoms with van der Waals surface area (Å²) in [7, 11) is 0. The molecule has 0 saturated carbocycles. The van der Waals surface area contributed by atoms with Gasteiger partial charge < -0.3 is 5.32 Å². The lowest BCUT2D eigenvalue weighted by Crippen LogP contribution is -2.31. The molecule has 0 aliphatic rings. The highest BCUT2D eigenvalue weighted by molar-refractivity contribution is 7.10. The maximum absolute atomic E-state index is 13.2. The number of amides is 1. The fourth-order valence-electron chi connectivity index (χ4n) is 2.45. The predicted molar refractivity (Wildman–Crippen MR) is 101 cm³/mol. The van der Waals surface area contributed by atoms with E-state index < -0.39 is 0 Å². The van der Waals surface area contributed by atoms with Gasteiger partial charge in [0, 0.05) is 4.88 Å². The van der Waals surface area contributed by atoms with Gasteiger partial charge in [-0.15, -0.1) is 11.3 Å². The van der Waals surface area contributed by atoms with Gasteiger partial charge in [-0.05, 0) is 41.3 Å². The van der Waals surface area contributed by atoms with Gasteiger partial charge in [0.25, 0.3) is 0 Å². The molecule has 0 bridgehead atoms. The van der Waals surface area contributed by atoms with Crippen molar-refractivity contribution in [3.05, 3.63) is 87.3 Å². The smallest absolute Gasteiger partial charge is 0.238 e. The van der Waals surface area contributed by atoms with Crippen molar-refractivity contribution in [1.29, 1.82) is 0 Å². The Morgan fingerprint density at radius 1 is 1.08 bits per heavy atom. The minimum absolute atomic E-state index is 0.102. The zero-order chi connectivity index (χ0) is 17.6. The molecule has 0 fully saturated rings. The van der Waals surface area contributed by atoms with Gasteiger partial charge in [0.05, 0.1) is 23.3 Å². The summed E-state index contributed by atoms with van der Waals surface area (Å²) in [6.45, 7) is 0.102. The first-order valence-electron chi connectivity index (χ1n) is 7.70. The molecule has 2 aromatic carbocycles. The Balaban J connectivity index is 1.70. The molecule has 0 aliphatic heterocycles. The van der Waals surface area contributed by atoms with Crippen LogP contribution in [0.4, 0.5) is 10.1 Å². The quantitative estimate of drug-likeness (QED) is 0.647. The maximum atomic E-state index is 13.2. The Kier molecular flexibility index (Phi) is 5.81. The number of benzene rings is 2. The minimum atomic E-state index is -0.287. The number of carbonyl (C=O) groups is 1. The summed E-state index contributed by atoms with van der Waals surface area (Å²) in [5.41, 5.74) is 1.47. The highest BCUT2D eigenvalue weighted by Gasteiger charge is 2.16. The Bertz CT molecular complexity index is 837. The van der Waals surface area contributed by atoms with Gasteiger partial charge in [-0.2, -0.15) is 0 Å². The molecule has 3 aromatic rings. The second-order valence-electron chi connectivity index (χ2n) is 5.41. The Morgan fingerprint density at radius 3 is 2.52 bits per heavy atom. The van der Waals surface area contributed by atoms with Crippen molar-refractivity contribution in [2.24, 2.45) is 0 Å². The molecule has 25 heavy (non-hydrogen) atoms. The van der Waals surface area contributed by atoms with Gasteiger partial charge in [-0.3, -0.25) is 10.1 Å². The maximum Gasteiger partial charge on any atom is 0.238 e. The third-order valence-corrected chi connectivity index (χ3v) is 4.91. The normalized spacial score (nSPS) is 11.9. The van der Waals surface area contributed by atoms with Crippen LogP contribution in [0.3, 0.4) is 0 Å². The lowest BCUT2D eigenvalue weighted by Gasteiger charge is -2.18. The third-order valence-electron chi connectivity index (χ3n) is 3.65. The van der Waals surface area contributed by atoms with Crippen LogP contribution >= 0.6 is 22.9 Å². The van der Waals surface area contributed by atoms with Crippen molar-refractivity contribution in [2.75, 3.05) is 11.9 Å². The van der Waals surface area contributed by atoms with Crippen molar-refractivity contribution < 1.29 is 9.18 Å². The summed E-state index contributed by atoms with van der Waals surface area (Å²) >= 11 is 7.63. The van der Waals surface area contributed by atoms with E-state index >= 15 is 0 Å². The van der Waals surface area contributed by atoms with Crippen LogP contribution in [0.25, 0.3) is 0 Å². The SMILES string of the molecule is O=C(CN[C@H](c1ccc(F)cc1)c1cccs1)Nc1ccccc1Cl. The van der Waals surface area contributed by atoms with E-state index in [-0.39, 0.29) is 24.3 Å². The third kappa shape index (κ3) is 4.66. The Hall–Kier alpha value is -2.21. The van der Waals surface area contributed by atoms with Crippen LogP contribution in [0.15, 0.2) is 66.0 Å². The number of carbonyl (C=O) groups excluding carboxylic acids is 1. The molecule has 6 heteroatoms. The second-order valence-corrected chi connectivity index (χ2v) is 6.80. The molecule has 0 unspecified atom stereocenters. The number of hydrogen-bond donors (Lipinski definition) is 2. The summed E-state index contributed by atoms with van der Waals surface area (Å²) in [5, 5.41) is 8.47. The van der Waals surface area contributed by atoms with Gasteiger partial charge in [0.2, 0.25) is 5.91 Å². The summed E-state index contributed by atoms with van der Waals surface area (Å²) in [6.07, 6.45) is 0. The van der Waals surface area contributed by atoms with Crippen LogP contribution in [0, 0.1) is 5.82 Å². The van der Waals surface area contributed by atoms with Crippen LogP contribution in [-0.2, 0) is 4.79 Å². The zero-order valence-corrected chi connectivity index (χ0v) is 14.8. The van der Waals surface area contributed by atoms with Crippen molar-refractivity contribution in [1.82, 2.24) is 5.32 Å². The van der Waals surface area contributed by atoms with E-state index in [9.17, 15) is 9.18 Å².